The topological polar surface area (TPSA) is 157 Å². The molecule has 1 atom stereocenters. The van der Waals surface area contributed by atoms with Gasteiger partial charge in [0.1, 0.15) is 28.1 Å². The van der Waals surface area contributed by atoms with Crippen LogP contribution in [-0.2, 0) is 38.4 Å². The molecule has 0 bridgehead atoms. The minimum absolute atomic E-state index is 0.0273. The first kappa shape index (κ1) is 39.9. The van der Waals surface area contributed by atoms with E-state index in [4.69, 9.17) is 27.9 Å². The summed E-state index contributed by atoms with van der Waals surface area (Å²) in [6.45, 7) is 7.08. The van der Waals surface area contributed by atoms with Gasteiger partial charge in [-0.1, -0.05) is 35.3 Å². The molecule has 2 aromatic carbocycles. The normalized spacial score (nSPS) is 19.0. The lowest BCUT2D eigenvalue weighted by molar-refractivity contribution is -0.274. The van der Waals surface area contributed by atoms with E-state index in [1.54, 1.807) is 40.0 Å². The molecule has 3 heterocycles. The summed E-state index contributed by atoms with van der Waals surface area (Å²) >= 11 is 12.6. The van der Waals surface area contributed by atoms with E-state index in [2.05, 4.69) is 30.7 Å². The molecule has 2 fully saturated rings. The summed E-state index contributed by atoms with van der Waals surface area (Å²) in [7, 11) is 0. The van der Waals surface area contributed by atoms with E-state index in [1.165, 1.54) is 46.0 Å². The third kappa shape index (κ3) is 8.37. The van der Waals surface area contributed by atoms with Crippen LogP contribution in [0.5, 0.6) is 5.75 Å². The first-order chi connectivity index (χ1) is 26.7. The van der Waals surface area contributed by atoms with Gasteiger partial charge in [0.05, 0.1) is 23.1 Å². The van der Waals surface area contributed by atoms with Gasteiger partial charge in [-0.25, -0.2) is 14.7 Å². The molecule has 2 aromatic heterocycles. The number of pyridine rings is 1. The Balaban J connectivity index is 1.12. The predicted molar refractivity (Wildman–Crippen MR) is 202 cm³/mol. The van der Waals surface area contributed by atoms with Crippen LogP contribution in [0.15, 0.2) is 67.0 Å². The number of hydrogen-bond acceptors (Lipinski definition) is 8. The Labute approximate surface area is 335 Å². The van der Waals surface area contributed by atoms with E-state index in [0.717, 1.165) is 17.7 Å². The number of carbonyl (C=O) groups excluding carboxylic acids is 4. The van der Waals surface area contributed by atoms with Gasteiger partial charge in [0.25, 0.3) is 11.8 Å². The van der Waals surface area contributed by atoms with Crippen molar-refractivity contribution in [1.82, 2.24) is 30.5 Å². The fraction of sp³-hybridized carbons (Fsp3) is 0.385. The van der Waals surface area contributed by atoms with Crippen LogP contribution in [0.2, 0.25) is 10.0 Å². The Morgan fingerprint density at radius 2 is 1.56 bits per heavy atom. The number of carbonyl (C=O) groups is 4. The maximum atomic E-state index is 14.4. The highest BCUT2D eigenvalue weighted by molar-refractivity contribution is 6.35. The highest BCUT2D eigenvalue weighted by atomic mass is 35.5. The van der Waals surface area contributed by atoms with E-state index in [-0.39, 0.29) is 40.3 Å². The number of fused-ring (bicyclic) bond motifs is 1. The molecule has 2 saturated carbocycles. The Morgan fingerprint density at radius 3 is 2.16 bits per heavy atom. The van der Waals surface area contributed by atoms with Crippen molar-refractivity contribution >= 4 is 58.7 Å². The summed E-state index contributed by atoms with van der Waals surface area (Å²) < 4.78 is 49.3. The second-order valence-corrected chi connectivity index (χ2v) is 16.5. The minimum atomic E-state index is -4.89. The van der Waals surface area contributed by atoms with Crippen molar-refractivity contribution in [2.45, 2.75) is 94.9 Å². The molecule has 3 aliphatic rings. The standard InChI is InChI=1S/C39H38Cl2F3N7O6/c1-35(2,3)57-34(55)47-20-23-9-14-45-29(15-23)37(10-11-37)49-31(53)38(12-13-38)48-30(52)28-21-46-33-50(26-17-24(40)16-25(41)18-26)32(54)36(4,51(28)33)19-22-5-7-27(8-6-22)56-39(42,43)44/h5-9,14-18,21H,10-13,19-20H2,1-4H3,(H,47,55)(H,48,52)(H,49,53)/t36-/m1/s1. The summed E-state index contributed by atoms with van der Waals surface area (Å²) in [6.07, 6.45) is -0.691. The van der Waals surface area contributed by atoms with Crippen LogP contribution in [0.25, 0.3) is 0 Å². The highest BCUT2D eigenvalue weighted by Gasteiger charge is 2.57. The van der Waals surface area contributed by atoms with Crippen LogP contribution in [0.1, 0.15) is 80.7 Å². The number of alkyl halides is 3. The van der Waals surface area contributed by atoms with Crippen molar-refractivity contribution in [3.8, 4) is 5.75 Å². The fourth-order valence-electron chi connectivity index (χ4n) is 6.89. The monoisotopic (exact) mass is 827 g/mol. The molecule has 3 N–H and O–H groups in total. The number of nitrogens with one attached hydrogen (secondary N) is 3. The largest absolute Gasteiger partial charge is 0.573 e. The molecule has 13 nitrogen and oxygen atoms in total. The second kappa shape index (κ2) is 14.2. The number of imidazole rings is 1. The molecule has 0 unspecified atom stereocenters. The molecule has 7 rings (SSSR count). The summed E-state index contributed by atoms with van der Waals surface area (Å²) in [6, 6.07) is 13.1. The Bertz CT molecular complexity index is 2250. The van der Waals surface area contributed by atoms with Crippen molar-refractivity contribution < 1.29 is 41.8 Å². The van der Waals surface area contributed by atoms with Gasteiger partial charge < -0.3 is 25.4 Å². The van der Waals surface area contributed by atoms with Gasteiger partial charge in [0.2, 0.25) is 11.9 Å². The summed E-state index contributed by atoms with van der Waals surface area (Å²) in [4.78, 5) is 65.0. The zero-order valence-corrected chi connectivity index (χ0v) is 32.7. The molecular weight excluding hydrogens is 790 g/mol. The lowest BCUT2D eigenvalue weighted by atomic mass is 9.91. The first-order valence-electron chi connectivity index (χ1n) is 18.0. The van der Waals surface area contributed by atoms with E-state index < -0.39 is 58.1 Å². The molecule has 4 amide bonds. The first-order valence-corrected chi connectivity index (χ1v) is 18.8. The number of nitrogens with zero attached hydrogens (tertiary/aromatic N) is 4. The Morgan fingerprint density at radius 1 is 0.895 bits per heavy atom. The predicted octanol–water partition coefficient (Wildman–Crippen LogP) is 7.21. The Kier molecular flexibility index (Phi) is 9.96. The highest BCUT2D eigenvalue weighted by Crippen LogP contribution is 2.48. The average molecular weight is 829 g/mol. The van der Waals surface area contributed by atoms with Crippen molar-refractivity contribution in [1.29, 1.82) is 0 Å². The number of amides is 4. The summed E-state index contributed by atoms with van der Waals surface area (Å²) in [5.74, 6) is -1.95. The van der Waals surface area contributed by atoms with Crippen molar-refractivity contribution in [3.05, 3.63) is 99.6 Å². The number of alkyl carbamates (subject to hydrolysis) is 1. The molecule has 0 saturated heterocycles. The number of benzene rings is 2. The van der Waals surface area contributed by atoms with Gasteiger partial charge in [-0.2, -0.15) is 0 Å². The number of aromatic nitrogens is 3. The molecule has 4 aromatic rings. The molecule has 0 radical (unpaired) electrons. The second-order valence-electron chi connectivity index (χ2n) is 15.7. The minimum Gasteiger partial charge on any atom is -0.444 e. The van der Waals surface area contributed by atoms with Gasteiger partial charge in [-0.15, -0.1) is 13.2 Å². The molecule has 57 heavy (non-hydrogen) atoms. The van der Waals surface area contributed by atoms with Gasteiger partial charge >= 0.3 is 12.5 Å². The summed E-state index contributed by atoms with van der Waals surface area (Å²) in [5, 5.41) is 9.20. The zero-order chi connectivity index (χ0) is 41.1. The van der Waals surface area contributed by atoms with Crippen LogP contribution < -0.4 is 25.6 Å². The third-order valence-electron chi connectivity index (χ3n) is 9.93. The number of rotatable bonds is 11. The van der Waals surface area contributed by atoms with Crippen LogP contribution in [0, 0.1) is 0 Å². The van der Waals surface area contributed by atoms with Crippen molar-refractivity contribution in [3.63, 3.8) is 0 Å². The third-order valence-corrected chi connectivity index (χ3v) is 10.4. The van der Waals surface area contributed by atoms with E-state index >= 15 is 0 Å². The van der Waals surface area contributed by atoms with E-state index in [9.17, 15) is 32.3 Å². The van der Waals surface area contributed by atoms with Crippen LogP contribution in [0.3, 0.4) is 0 Å². The summed E-state index contributed by atoms with van der Waals surface area (Å²) in [5.41, 5.74) is -2.12. The van der Waals surface area contributed by atoms with Crippen molar-refractivity contribution in [2.75, 3.05) is 4.90 Å². The van der Waals surface area contributed by atoms with Crippen LogP contribution >= 0.6 is 23.2 Å². The van der Waals surface area contributed by atoms with Gasteiger partial charge in [-0.05, 0) is 107 Å². The SMILES string of the molecule is CC(C)(C)OC(=O)NCc1ccnc(C2(NC(=O)C3(NC(=O)c4cnc5n4[C@](C)(Cc4ccc(OC(F)(F)F)cc4)C(=O)N5c4cc(Cl)cc(Cl)c4)CC3)CC2)c1. The number of halogens is 5. The fourth-order valence-corrected chi connectivity index (χ4v) is 7.41. The number of hydrogen-bond donors (Lipinski definition) is 3. The molecule has 0 spiro atoms. The van der Waals surface area contributed by atoms with Gasteiger partial charge in [0, 0.05) is 29.2 Å². The number of anilines is 2. The zero-order valence-electron chi connectivity index (χ0n) is 31.2. The van der Waals surface area contributed by atoms with Gasteiger partial charge in [0.15, 0.2) is 0 Å². The molecular formula is C39H38Cl2F3N7O6. The quantitative estimate of drug-likeness (QED) is 0.143. The van der Waals surface area contributed by atoms with Crippen LogP contribution in [-0.4, -0.2) is 55.9 Å². The maximum absolute atomic E-state index is 14.4. The number of ether oxygens (including phenoxy) is 2. The molecule has 1 aliphatic heterocycles. The lowest BCUT2D eigenvalue weighted by Gasteiger charge is -2.27. The van der Waals surface area contributed by atoms with Gasteiger partial charge in [-0.3, -0.25) is 23.9 Å². The van der Waals surface area contributed by atoms with E-state index in [0.29, 0.717) is 36.9 Å². The maximum Gasteiger partial charge on any atom is 0.573 e. The Hall–Kier alpha value is -5.35. The average Bonchev–Trinajstić information content (AvgIpc) is 4.02. The van der Waals surface area contributed by atoms with Crippen LogP contribution in [0.4, 0.5) is 29.6 Å². The molecule has 18 heteroatoms. The van der Waals surface area contributed by atoms with Crippen molar-refractivity contribution in [2.24, 2.45) is 0 Å². The smallest absolute Gasteiger partial charge is 0.444 e. The molecule has 300 valence electrons. The molecule has 2 aliphatic carbocycles. The lowest BCUT2D eigenvalue weighted by Crippen LogP contribution is -2.52. The van der Waals surface area contributed by atoms with E-state index in [1.807, 2.05) is 6.07 Å².